The third kappa shape index (κ3) is 3.59. The number of hydrogen-bond donors (Lipinski definition) is 2. The number of carbonyl (C=O) groups is 1. The van der Waals surface area contributed by atoms with Crippen molar-refractivity contribution in [2.24, 2.45) is 5.41 Å². The standard InChI is InChI=1S/C10H17F3N2O3S/c1-2-19(17,18)6-5-15-8(16)9(10(11,12)13)3-4-14-7-9/h14H,2-7H2,1H3,(H,15,16). The molecule has 0 bridgehead atoms. The third-order valence-electron chi connectivity index (χ3n) is 3.27. The second kappa shape index (κ2) is 5.66. The molecule has 1 aliphatic rings. The van der Waals surface area contributed by atoms with Gasteiger partial charge in [0.05, 0.1) is 5.75 Å². The summed E-state index contributed by atoms with van der Waals surface area (Å²) in [6, 6.07) is 0. The van der Waals surface area contributed by atoms with Gasteiger partial charge in [0, 0.05) is 18.8 Å². The SMILES string of the molecule is CCS(=O)(=O)CCNC(=O)C1(C(F)(F)F)CCNC1. The minimum absolute atomic E-state index is 0.102. The van der Waals surface area contributed by atoms with E-state index in [2.05, 4.69) is 10.6 Å². The zero-order chi connectivity index (χ0) is 14.7. The summed E-state index contributed by atoms with van der Waals surface area (Å²) in [7, 11) is -3.31. The number of nitrogens with one attached hydrogen (secondary N) is 2. The summed E-state index contributed by atoms with van der Waals surface area (Å²) < 4.78 is 61.3. The van der Waals surface area contributed by atoms with Crippen LogP contribution in [0.15, 0.2) is 0 Å². The van der Waals surface area contributed by atoms with Crippen molar-refractivity contribution in [1.29, 1.82) is 0 Å². The minimum Gasteiger partial charge on any atom is -0.354 e. The molecule has 0 radical (unpaired) electrons. The van der Waals surface area contributed by atoms with Gasteiger partial charge in [0.15, 0.2) is 15.3 Å². The Morgan fingerprint density at radius 3 is 2.47 bits per heavy atom. The van der Waals surface area contributed by atoms with Gasteiger partial charge >= 0.3 is 6.18 Å². The number of rotatable bonds is 5. The maximum Gasteiger partial charge on any atom is 0.404 e. The van der Waals surface area contributed by atoms with E-state index < -0.39 is 33.9 Å². The summed E-state index contributed by atoms with van der Waals surface area (Å²) >= 11 is 0. The van der Waals surface area contributed by atoms with Crippen LogP contribution in [0.1, 0.15) is 13.3 Å². The lowest BCUT2D eigenvalue weighted by molar-refractivity contribution is -0.215. The van der Waals surface area contributed by atoms with Gasteiger partial charge in [-0.15, -0.1) is 0 Å². The average molecular weight is 302 g/mol. The summed E-state index contributed by atoms with van der Waals surface area (Å²) in [6.45, 7) is 0.783. The highest BCUT2D eigenvalue weighted by Crippen LogP contribution is 2.43. The Labute approximate surface area is 109 Å². The summed E-state index contributed by atoms with van der Waals surface area (Å²) in [5.74, 6) is -1.61. The molecule has 1 aliphatic heterocycles. The molecule has 112 valence electrons. The molecule has 0 saturated carbocycles. The summed E-state index contributed by atoms with van der Waals surface area (Å²) in [6.07, 6.45) is -4.98. The summed E-state index contributed by atoms with van der Waals surface area (Å²) in [5, 5.41) is 4.60. The van der Waals surface area contributed by atoms with Crippen LogP contribution < -0.4 is 10.6 Å². The van der Waals surface area contributed by atoms with Gasteiger partial charge in [0.2, 0.25) is 5.91 Å². The Kier molecular flexibility index (Phi) is 4.83. The first-order valence-electron chi connectivity index (χ1n) is 5.91. The molecule has 1 saturated heterocycles. The number of halogens is 3. The van der Waals surface area contributed by atoms with E-state index in [1.54, 1.807) is 0 Å². The van der Waals surface area contributed by atoms with E-state index in [4.69, 9.17) is 0 Å². The molecular formula is C10H17F3N2O3S. The van der Waals surface area contributed by atoms with Gasteiger partial charge in [-0.3, -0.25) is 4.79 Å². The summed E-state index contributed by atoms with van der Waals surface area (Å²) in [4.78, 5) is 11.7. The highest BCUT2D eigenvalue weighted by Gasteiger charge is 2.61. The molecule has 1 rings (SSSR count). The van der Waals surface area contributed by atoms with Gasteiger partial charge in [-0.25, -0.2) is 8.42 Å². The maximum absolute atomic E-state index is 13.0. The zero-order valence-electron chi connectivity index (χ0n) is 10.5. The van der Waals surface area contributed by atoms with E-state index in [9.17, 15) is 26.4 Å². The number of hydrogen-bond acceptors (Lipinski definition) is 4. The first-order valence-corrected chi connectivity index (χ1v) is 7.73. The smallest absolute Gasteiger partial charge is 0.354 e. The summed E-state index contributed by atoms with van der Waals surface area (Å²) in [5.41, 5.74) is -2.44. The molecule has 1 fully saturated rings. The lowest BCUT2D eigenvalue weighted by atomic mass is 9.85. The van der Waals surface area contributed by atoms with Crippen LogP contribution in [0, 0.1) is 5.41 Å². The third-order valence-corrected chi connectivity index (χ3v) is 4.98. The fourth-order valence-electron chi connectivity index (χ4n) is 1.89. The van der Waals surface area contributed by atoms with E-state index in [0.717, 1.165) is 0 Å². The molecule has 0 aromatic heterocycles. The number of sulfone groups is 1. The van der Waals surface area contributed by atoms with Crippen molar-refractivity contribution in [2.75, 3.05) is 31.1 Å². The van der Waals surface area contributed by atoms with Crippen LogP contribution in [-0.2, 0) is 14.6 Å². The van der Waals surface area contributed by atoms with Crippen molar-refractivity contribution < 1.29 is 26.4 Å². The molecular weight excluding hydrogens is 285 g/mol. The topological polar surface area (TPSA) is 75.3 Å². The molecule has 0 aromatic carbocycles. The average Bonchev–Trinajstić information content (AvgIpc) is 2.78. The molecule has 0 spiro atoms. The lowest BCUT2D eigenvalue weighted by Gasteiger charge is -2.29. The molecule has 1 unspecified atom stereocenters. The van der Waals surface area contributed by atoms with Gasteiger partial charge in [0.1, 0.15) is 0 Å². The lowest BCUT2D eigenvalue weighted by Crippen LogP contribution is -2.52. The van der Waals surface area contributed by atoms with Crippen LogP contribution in [-0.4, -0.2) is 51.6 Å². The van der Waals surface area contributed by atoms with Crippen LogP contribution in [0.5, 0.6) is 0 Å². The van der Waals surface area contributed by atoms with Crippen LogP contribution in [0.4, 0.5) is 13.2 Å². The van der Waals surface area contributed by atoms with E-state index in [1.165, 1.54) is 6.92 Å². The highest BCUT2D eigenvalue weighted by atomic mass is 32.2. The fourth-order valence-corrected chi connectivity index (χ4v) is 2.59. The molecule has 0 aliphatic carbocycles. The van der Waals surface area contributed by atoms with Crippen molar-refractivity contribution in [3.8, 4) is 0 Å². The predicted molar refractivity (Wildman–Crippen MR) is 63.3 cm³/mol. The normalized spacial score (nSPS) is 24.4. The second-order valence-electron chi connectivity index (χ2n) is 4.50. The molecule has 0 aromatic rings. The first kappa shape index (κ1) is 16.2. The molecule has 1 amide bonds. The molecule has 1 heterocycles. The first-order chi connectivity index (χ1) is 8.65. The molecule has 5 nitrogen and oxygen atoms in total. The van der Waals surface area contributed by atoms with Crippen molar-refractivity contribution >= 4 is 15.7 Å². The Bertz CT molecular complexity index is 428. The van der Waals surface area contributed by atoms with Gasteiger partial charge in [0.25, 0.3) is 0 Å². The Morgan fingerprint density at radius 2 is 2.05 bits per heavy atom. The number of carbonyl (C=O) groups excluding carboxylic acids is 1. The zero-order valence-corrected chi connectivity index (χ0v) is 11.3. The quantitative estimate of drug-likeness (QED) is 0.754. The van der Waals surface area contributed by atoms with Crippen LogP contribution in [0.2, 0.25) is 0 Å². The van der Waals surface area contributed by atoms with Crippen molar-refractivity contribution in [1.82, 2.24) is 10.6 Å². The Balaban J connectivity index is 2.66. The van der Waals surface area contributed by atoms with Gasteiger partial charge in [-0.2, -0.15) is 13.2 Å². The number of alkyl halides is 3. The van der Waals surface area contributed by atoms with E-state index in [1.807, 2.05) is 0 Å². The Hall–Kier alpha value is -0.830. The maximum atomic E-state index is 13.0. The van der Waals surface area contributed by atoms with Crippen molar-refractivity contribution in [3.63, 3.8) is 0 Å². The molecule has 19 heavy (non-hydrogen) atoms. The molecule has 9 heteroatoms. The van der Waals surface area contributed by atoms with Gasteiger partial charge in [-0.1, -0.05) is 6.92 Å². The predicted octanol–water partition coefficient (Wildman–Crippen LogP) is 0.0793. The van der Waals surface area contributed by atoms with Gasteiger partial charge < -0.3 is 10.6 Å². The second-order valence-corrected chi connectivity index (χ2v) is 6.97. The van der Waals surface area contributed by atoms with E-state index in [-0.39, 0.29) is 31.0 Å². The van der Waals surface area contributed by atoms with Crippen LogP contribution in [0.25, 0.3) is 0 Å². The minimum atomic E-state index is -4.65. The van der Waals surface area contributed by atoms with Crippen molar-refractivity contribution in [2.45, 2.75) is 19.5 Å². The largest absolute Gasteiger partial charge is 0.404 e. The monoisotopic (exact) mass is 302 g/mol. The molecule has 2 N–H and O–H groups in total. The van der Waals surface area contributed by atoms with Crippen molar-refractivity contribution in [3.05, 3.63) is 0 Å². The Morgan fingerprint density at radius 1 is 1.42 bits per heavy atom. The van der Waals surface area contributed by atoms with E-state index in [0.29, 0.717) is 0 Å². The number of amides is 1. The van der Waals surface area contributed by atoms with Gasteiger partial charge in [-0.05, 0) is 13.0 Å². The fraction of sp³-hybridized carbons (Fsp3) is 0.900. The van der Waals surface area contributed by atoms with E-state index >= 15 is 0 Å². The van der Waals surface area contributed by atoms with Crippen LogP contribution in [0.3, 0.4) is 0 Å². The van der Waals surface area contributed by atoms with Crippen LogP contribution >= 0.6 is 0 Å². The molecule has 1 atom stereocenters. The highest BCUT2D eigenvalue weighted by molar-refractivity contribution is 7.91.